The highest BCUT2D eigenvalue weighted by Crippen LogP contribution is 2.22. The Kier molecular flexibility index (Phi) is 3.41. The van der Waals surface area contributed by atoms with Crippen molar-refractivity contribution in [2.45, 2.75) is 24.2 Å². The monoisotopic (exact) mass is 267 g/mol. The van der Waals surface area contributed by atoms with Crippen molar-refractivity contribution in [2.75, 3.05) is 12.8 Å². The van der Waals surface area contributed by atoms with Crippen LogP contribution in [0.1, 0.15) is 25.1 Å². The highest BCUT2D eigenvalue weighted by molar-refractivity contribution is 7.90. The van der Waals surface area contributed by atoms with Gasteiger partial charge in [-0.1, -0.05) is 6.92 Å². The number of nitrogens with one attached hydrogen (secondary N) is 1. The van der Waals surface area contributed by atoms with E-state index in [2.05, 4.69) is 9.97 Å². The van der Waals surface area contributed by atoms with E-state index in [-0.39, 0.29) is 5.92 Å². The molecule has 0 saturated carbocycles. The standard InChI is InChI=1S/C12H17N3O2S/c1-8(5-6-13)12-14-10-4-3-9(18(2,16)17)7-11(10)15-12/h3-4,7-8H,5-6,13H2,1-2H3,(H,14,15). The van der Waals surface area contributed by atoms with Gasteiger partial charge in [-0.25, -0.2) is 13.4 Å². The highest BCUT2D eigenvalue weighted by atomic mass is 32.2. The summed E-state index contributed by atoms with van der Waals surface area (Å²) >= 11 is 0. The summed E-state index contributed by atoms with van der Waals surface area (Å²) < 4.78 is 22.9. The summed E-state index contributed by atoms with van der Waals surface area (Å²) in [5.41, 5.74) is 7.05. The van der Waals surface area contributed by atoms with E-state index in [1.807, 2.05) is 6.92 Å². The zero-order chi connectivity index (χ0) is 13.3. The first-order valence-corrected chi connectivity index (χ1v) is 7.70. The third kappa shape index (κ3) is 2.54. The molecule has 0 spiro atoms. The number of hydrogen-bond donors (Lipinski definition) is 2. The summed E-state index contributed by atoms with van der Waals surface area (Å²) in [7, 11) is -3.18. The second-order valence-electron chi connectivity index (χ2n) is 4.55. The summed E-state index contributed by atoms with van der Waals surface area (Å²) in [4.78, 5) is 7.91. The molecule has 0 aliphatic carbocycles. The normalized spacial score (nSPS) is 13.9. The number of benzene rings is 1. The minimum absolute atomic E-state index is 0.240. The van der Waals surface area contributed by atoms with Crippen LogP contribution in [-0.2, 0) is 9.84 Å². The predicted octanol–water partition coefficient (Wildman–Crippen LogP) is 1.42. The lowest BCUT2D eigenvalue weighted by atomic mass is 10.1. The maximum Gasteiger partial charge on any atom is 0.175 e. The van der Waals surface area contributed by atoms with E-state index in [1.54, 1.807) is 18.2 Å². The zero-order valence-corrected chi connectivity index (χ0v) is 11.3. The summed E-state index contributed by atoms with van der Waals surface area (Å²) in [5, 5.41) is 0. The van der Waals surface area contributed by atoms with Crippen LogP contribution in [0.3, 0.4) is 0 Å². The van der Waals surface area contributed by atoms with E-state index in [9.17, 15) is 8.42 Å². The van der Waals surface area contributed by atoms with Crippen LogP contribution in [0.5, 0.6) is 0 Å². The van der Waals surface area contributed by atoms with Crippen molar-refractivity contribution in [3.63, 3.8) is 0 Å². The van der Waals surface area contributed by atoms with E-state index in [4.69, 9.17) is 5.73 Å². The van der Waals surface area contributed by atoms with Crippen molar-refractivity contribution in [3.8, 4) is 0 Å². The Balaban J connectivity index is 2.46. The van der Waals surface area contributed by atoms with Crippen molar-refractivity contribution in [2.24, 2.45) is 5.73 Å². The molecule has 6 heteroatoms. The van der Waals surface area contributed by atoms with E-state index < -0.39 is 9.84 Å². The van der Waals surface area contributed by atoms with E-state index >= 15 is 0 Å². The molecule has 5 nitrogen and oxygen atoms in total. The lowest BCUT2D eigenvalue weighted by molar-refractivity contribution is 0.602. The molecule has 0 radical (unpaired) electrons. The second-order valence-corrected chi connectivity index (χ2v) is 6.57. The van der Waals surface area contributed by atoms with Gasteiger partial charge in [-0.15, -0.1) is 0 Å². The molecule has 0 amide bonds. The van der Waals surface area contributed by atoms with Crippen molar-refractivity contribution in [3.05, 3.63) is 24.0 Å². The Hall–Kier alpha value is -1.40. The number of hydrogen-bond acceptors (Lipinski definition) is 4. The molecule has 1 atom stereocenters. The number of nitrogens with two attached hydrogens (primary N) is 1. The van der Waals surface area contributed by atoms with Crippen molar-refractivity contribution < 1.29 is 8.42 Å². The number of nitrogens with zero attached hydrogens (tertiary/aromatic N) is 1. The minimum Gasteiger partial charge on any atom is -0.342 e. The fraction of sp³-hybridized carbons (Fsp3) is 0.417. The van der Waals surface area contributed by atoms with Gasteiger partial charge in [0.1, 0.15) is 5.82 Å². The van der Waals surface area contributed by atoms with Gasteiger partial charge >= 0.3 is 0 Å². The van der Waals surface area contributed by atoms with Crippen LogP contribution in [0, 0.1) is 0 Å². The van der Waals surface area contributed by atoms with Gasteiger partial charge in [0.25, 0.3) is 0 Å². The smallest absolute Gasteiger partial charge is 0.175 e. The number of aromatic amines is 1. The zero-order valence-electron chi connectivity index (χ0n) is 10.5. The molecule has 98 valence electrons. The van der Waals surface area contributed by atoms with Crippen molar-refractivity contribution in [1.29, 1.82) is 0 Å². The SMILES string of the molecule is CC(CCN)c1nc2ccc(S(C)(=O)=O)cc2[nH]1. The second kappa shape index (κ2) is 4.70. The molecular weight excluding hydrogens is 250 g/mol. The predicted molar refractivity (Wildman–Crippen MR) is 71.3 cm³/mol. The van der Waals surface area contributed by atoms with E-state index in [1.165, 1.54) is 6.26 Å². The number of aromatic nitrogens is 2. The molecular formula is C12H17N3O2S. The number of sulfone groups is 1. The first-order chi connectivity index (χ1) is 8.41. The molecule has 18 heavy (non-hydrogen) atoms. The van der Waals surface area contributed by atoms with Crippen LogP contribution in [0.4, 0.5) is 0 Å². The molecule has 3 N–H and O–H groups in total. The molecule has 0 aliphatic heterocycles. The number of imidazole rings is 1. The third-order valence-corrected chi connectivity index (χ3v) is 4.08. The van der Waals surface area contributed by atoms with Gasteiger partial charge in [0.05, 0.1) is 15.9 Å². The first kappa shape index (κ1) is 13.0. The summed E-state index contributed by atoms with van der Waals surface area (Å²) in [6.45, 7) is 2.65. The largest absolute Gasteiger partial charge is 0.342 e. The number of fused-ring (bicyclic) bond motifs is 1. The van der Waals surface area contributed by atoms with Gasteiger partial charge < -0.3 is 10.7 Å². The molecule has 0 saturated heterocycles. The Morgan fingerprint density at radius 1 is 1.44 bits per heavy atom. The van der Waals surface area contributed by atoms with Crippen molar-refractivity contribution >= 4 is 20.9 Å². The van der Waals surface area contributed by atoms with Gasteiger partial charge in [-0.05, 0) is 31.2 Å². The van der Waals surface area contributed by atoms with Crippen LogP contribution >= 0.6 is 0 Å². The maximum absolute atomic E-state index is 11.5. The average Bonchev–Trinajstić information content (AvgIpc) is 2.70. The molecule has 0 fully saturated rings. The van der Waals surface area contributed by atoms with Gasteiger partial charge in [0, 0.05) is 12.2 Å². The lowest BCUT2D eigenvalue weighted by Gasteiger charge is -2.04. The highest BCUT2D eigenvalue weighted by Gasteiger charge is 2.13. The fourth-order valence-electron chi connectivity index (χ4n) is 1.86. The molecule has 1 unspecified atom stereocenters. The Morgan fingerprint density at radius 2 is 2.17 bits per heavy atom. The van der Waals surface area contributed by atoms with Gasteiger partial charge in [-0.2, -0.15) is 0 Å². The topological polar surface area (TPSA) is 88.8 Å². The fourth-order valence-corrected chi connectivity index (χ4v) is 2.51. The molecule has 0 bridgehead atoms. The minimum atomic E-state index is -3.18. The Labute approximate surface area is 106 Å². The van der Waals surface area contributed by atoms with Crippen LogP contribution in [0.2, 0.25) is 0 Å². The summed E-state index contributed by atoms with van der Waals surface area (Å²) in [6, 6.07) is 4.92. The Morgan fingerprint density at radius 3 is 2.78 bits per heavy atom. The molecule has 0 aliphatic rings. The van der Waals surface area contributed by atoms with Gasteiger partial charge in [-0.3, -0.25) is 0 Å². The van der Waals surface area contributed by atoms with E-state index in [0.29, 0.717) is 11.4 Å². The molecule has 1 aromatic heterocycles. The molecule has 2 aromatic rings. The quantitative estimate of drug-likeness (QED) is 0.876. The first-order valence-electron chi connectivity index (χ1n) is 5.81. The molecule has 1 aromatic carbocycles. The van der Waals surface area contributed by atoms with Crippen molar-refractivity contribution in [1.82, 2.24) is 9.97 Å². The number of rotatable bonds is 4. The Bertz CT molecular complexity index is 661. The summed E-state index contributed by atoms with van der Waals surface area (Å²) in [6.07, 6.45) is 2.04. The summed E-state index contributed by atoms with van der Waals surface area (Å²) in [5.74, 6) is 1.09. The number of H-pyrrole nitrogens is 1. The van der Waals surface area contributed by atoms with Crippen LogP contribution < -0.4 is 5.73 Å². The third-order valence-electron chi connectivity index (χ3n) is 2.97. The van der Waals surface area contributed by atoms with Gasteiger partial charge in [0.2, 0.25) is 0 Å². The average molecular weight is 267 g/mol. The van der Waals surface area contributed by atoms with Gasteiger partial charge in [0.15, 0.2) is 9.84 Å². The van der Waals surface area contributed by atoms with Crippen LogP contribution in [0.15, 0.2) is 23.1 Å². The maximum atomic E-state index is 11.5. The molecule has 1 heterocycles. The molecule has 2 rings (SSSR count). The van der Waals surface area contributed by atoms with Crippen LogP contribution in [0.25, 0.3) is 11.0 Å². The van der Waals surface area contributed by atoms with E-state index in [0.717, 1.165) is 23.3 Å². The van der Waals surface area contributed by atoms with Crippen LogP contribution in [-0.4, -0.2) is 31.2 Å². The lowest BCUT2D eigenvalue weighted by Crippen LogP contribution is -2.05.